The molecule has 0 bridgehead atoms. The van der Waals surface area contributed by atoms with E-state index in [1.807, 2.05) is 18.7 Å². The molecule has 19 heavy (non-hydrogen) atoms. The number of ether oxygens (including phenoxy) is 4. The first-order chi connectivity index (χ1) is 9.03. The van der Waals surface area contributed by atoms with Crippen LogP contribution in [0.25, 0.3) is 0 Å². The standard InChI is InChI=1S/C13H21NO5/c1-13(2)18-10-7-9(17-12(10)19-13)8-11(15)14-3-5-16-6-4-14/h9-10,12H,3-8H2,1-2H3. The van der Waals surface area contributed by atoms with Gasteiger partial charge >= 0.3 is 0 Å². The van der Waals surface area contributed by atoms with Crippen LogP contribution in [0.5, 0.6) is 0 Å². The number of carbonyl (C=O) groups excluding carboxylic acids is 1. The van der Waals surface area contributed by atoms with Crippen LogP contribution in [-0.4, -0.2) is 61.4 Å². The Labute approximate surface area is 112 Å². The molecule has 3 fully saturated rings. The Hall–Kier alpha value is -0.690. The predicted octanol–water partition coefficient (Wildman–Crippen LogP) is 0.502. The van der Waals surface area contributed by atoms with Crippen LogP contribution in [0.15, 0.2) is 0 Å². The van der Waals surface area contributed by atoms with E-state index in [1.54, 1.807) is 0 Å². The summed E-state index contributed by atoms with van der Waals surface area (Å²) in [4.78, 5) is 13.9. The maximum absolute atomic E-state index is 12.1. The molecule has 0 spiro atoms. The third kappa shape index (κ3) is 2.91. The molecule has 3 heterocycles. The van der Waals surface area contributed by atoms with E-state index in [9.17, 15) is 4.79 Å². The summed E-state index contributed by atoms with van der Waals surface area (Å²) in [7, 11) is 0. The molecule has 3 rings (SSSR count). The second kappa shape index (κ2) is 5.01. The molecule has 3 saturated heterocycles. The van der Waals surface area contributed by atoms with Gasteiger partial charge in [0.15, 0.2) is 12.1 Å². The van der Waals surface area contributed by atoms with E-state index in [1.165, 1.54) is 0 Å². The summed E-state index contributed by atoms with van der Waals surface area (Å²) in [5.41, 5.74) is 0. The van der Waals surface area contributed by atoms with E-state index in [0.29, 0.717) is 32.7 Å². The Morgan fingerprint density at radius 1 is 1.26 bits per heavy atom. The molecule has 0 aliphatic carbocycles. The Morgan fingerprint density at radius 3 is 2.68 bits per heavy atom. The third-order valence-electron chi connectivity index (χ3n) is 3.73. The Bertz CT molecular complexity index is 337. The molecule has 3 aliphatic rings. The minimum atomic E-state index is -0.575. The SMILES string of the molecule is CC1(C)OC2CC(CC(=O)N3CCOCC3)OC2O1. The summed E-state index contributed by atoms with van der Waals surface area (Å²) in [6.45, 7) is 6.37. The summed E-state index contributed by atoms with van der Waals surface area (Å²) in [5.74, 6) is -0.443. The number of amides is 1. The van der Waals surface area contributed by atoms with Crippen LogP contribution in [0.2, 0.25) is 0 Å². The van der Waals surface area contributed by atoms with E-state index in [2.05, 4.69) is 0 Å². The highest BCUT2D eigenvalue weighted by atomic mass is 16.8. The summed E-state index contributed by atoms with van der Waals surface area (Å²) in [6, 6.07) is 0. The molecule has 3 atom stereocenters. The fourth-order valence-corrected chi connectivity index (χ4v) is 2.85. The van der Waals surface area contributed by atoms with Crippen molar-refractivity contribution in [1.82, 2.24) is 4.90 Å². The van der Waals surface area contributed by atoms with E-state index >= 15 is 0 Å². The first-order valence-electron chi connectivity index (χ1n) is 6.90. The molecule has 0 aromatic heterocycles. The zero-order valence-electron chi connectivity index (χ0n) is 11.5. The molecule has 3 aliphatic heterocycles. The van der Waals surface area contributed by atoms with E-state index < -0.39 is 5.79 Å². The third-order valence-corrected chi connectivity index (χ3v) is 3.73. The fraction of sp³-hybridized carbons (Fsp3) is 0.923. The molecule has 6 heteroatoms. The van der Waals surface area contributed by atoms with Crippen LogP contribution in [0.4, 0.5) is 0 Å². The van der Waals surface area contributed by atoms with Gasteiger partial charge in [0, 0.05) is 19.5 Å². The zero-order valence-corrected chi connectivity index (χ0v) is 11.5. The molecule has 0 aromatic carbocycles. The highest BCUT2D eigenvalue weighted by molar-refractivity contribution is 5.76. The van der Waals surface area contributed by atoms with Crippen molar-refractivity contribution in [2.75, 3.05) is 26.3 Å². The van der Waals surface area contributed by atoms with Crippen LogP contribution in [0, 0.1) is 0 Å². The molecule has 0 N–H and O–H groups in total. The van der Waals surface area contributed by atoms with E-state index in [4.69, 9.17) is 18.9 Å². The minimum Gasteiger partial charge on any atom is -0.378 e. The number of hydrogen-bond acceptors (Lipinski definition) is 5. The van der Waals surface area contributed by atoms with Crippen molar-refractivity contribution < 1.29 is 23.7 Å². The molecule has 108 valence electrons. The number of carbonyl (C=O) groups is 1. The Morgan fingerprint density at radius 2 is 2.00 bits per heavy atom. The van der Waals surface area contributed by atoms with Gasteiger partial charge in [-0.15, -0.1) is 0 Å². The number of fused-ring (bicyclic) bond motifs is 1. The molecule has 0 radical (unpaired) electrons. The Balaban J connectivity index is 1.49. The summed E-state index contributed by atoms with van der Waals surface area (Å²) < 4.78 is 22.4. The smallest absolute Gasteiger partial charge is 0.225 e. The number of hydrogen-bond donors (Lipinski definition) is 0. The van der Waals surface area contributed by atoms with Crippen LogP contribution in [0.1, 0.15) is 26.7 Å². The predicted molar refractivity (Wildman–Crippen MR) is 65.3 cm³/mol. The highest BCUT2D eigenvalue weighted by Gasteiger charge is 2.48. The summed E-state index contributed by atoms with van der Waals surface area (Å²) in [5, 5.41) is 0. The topological polar surface area (TPSA) is 57.2 Å². The minimum absolute atomic E-state index is 0.0440. The average molecular weight is 271 g/mol. The van der Waals surface area contributed by atoms with Crippen molar-refractivity contribution in [3.8, 4) is 0 Å². The zero-order chi connectivity index (χ0) is 13.5. The number of morpholine rings is 1. The van der Waals surface area contributed by atoms with Gasteiger partial charge < -0.3 is 23.8 Å². The normalized spacial score (nSPS) is 37.4. The van der Waals surface area contributed by atoms with Crippen molar-refractivity contribution in [3.63, 3.8) is 0 Å². The van der Waals surface area contributed by atoms with Gasteiger partial charge in [-0.25, -0.2) is 0 Å². The summed E-state index contributed by atoms with van der Waals surface area (Å²) >= 11 is 0. The van der Waals surface area contributed by atoms with E-state index in [-0.39, 0.29) is 24.4 Å². The lowest BCUT2D eigenvalue weighted by Crippen LogP contribution is -2.42. The average Bonchev–Trinajstić information content (AvgIpc) is 2.82. The molecular weight excluding hydrogens is 250 g/mol. The van der Waals surface area contributed by atoms with Gasteiger partial charge in [-0.2, -0.15) is 0 Å². The quantitative estimate of drug-likeness (QED) is 0.732. The van der Waals surface area contributed by atoms with Gasteiger partial charge in [-0.3, -0.25) is 4.79 Å². The van der Waals surface area contributed by atoms with Crippen molar-refractivity contribution in [2.45, 2.75) is 51.0 Å². The maximum Gasteiger partial charge on any atom is 0.225 e. The second-order valence-electron chi connectivity index (χ2n) is 5.73. The van der Waals surface area contributed by atoms with Gasteiger partial charge in [0.25, 0.3) is 0 Å². The van der Waals surface area contributed by atoms with Crippen molar-refractivity contribution >= 4 is 5.91 Å². The Kier molecular flexibility index (Phi) is 3.51. The molecule has 3 unspecified atom stereocenters. The van der Waals surface area contributed by atoms with Gasteiger partial charge in [0.2, 0.25) is 5.91 Å². The maximum atomic E-state index is 12.1. The van der Waals surface area contributed by atoms with Crippen LogP contribution >= 0.6 is 0 Å². The van der Waals surface area contributed by atoms with Crippen molar-refractivity contribution in [2.24, 2.45) is 0 Å². The van der Waals surface area contributed by atoms with Crippen LogP contribution in [0.3, 0.4) is 0 Å². The lowest BCUT2D eigenvalue weighted by molar-refractivity contribution is -0.205. The highest BCUT2D eigenvalue weighted by Crippen LogP contribution is 2.37. The first kappa shape index (κ1) is 13.3. The largest absolute Gasteiger partial charge is 0.378 e. The molecule has 0 aromatic rings. The first-order valence-corrected chi connectivity index (χ1v) is 6.90. The van der Waals surface area contributed by atoms with Crippen molar-refractivity contribution in [1.29, 1.82) is 0 Å². The molecular formula is C13H21NO5. The van der Waals surface area contributed by atoms with Crippen molar-refractivity contribution in [3.05, 3.63) is 0 Å². The van der Waals surface area contributed by atoms with E-state index in [0.717, 1.165) is 6.42 Å². The lowest BCUT2D eigenvalue weighted by Gasteiger charge is -2.28. The fourth-order valence-electron chi connectivity index (χ4n) is 2.85. The molecule has 6 nitrogen and oxygen atoms in total. The number of nitrogens with zero attached hydrogens (tertiary/aromatic N) is 1. The van der Waals surface area contributed by atoms with Crippen LogP contribution in [-0.2, 0) is 23.7 Å². The van der Waals surface area contributed by atoms with Gasteiger partial charge in [0.1, 0.15) is 6.10 Å². The second-order valence-corrected chi connectivity index (χ2v) is 5.73. The lowest BCUT2D eigenvalue weighted by atomic mass is 10.1. The molecule has 1 amide bonds. The van der Waals surface area contributed by atoms with Crippen LogP contribution < -0.4 is 0 Å². The van der Waals surface area contributed by atoms with Gasteiger partial charge in [-0.1, -0.05) is 0 Å². The van der Waals surface area contributed by atoms with Gasteiger partial charge in [-0.05, 0) is 13.8 Å². The summed E-state index contributed by atoms with van der Waals surface area (Å²) in [6.07, 6.45) is 0.668. The molecule has 0 saturated carbocycles. The van der Waals surface area contributed by atoms with Gasteiger partial charge in [0.05, 0.1) is 25.7 Å². The number of rotatable bonds is 2. The monoisotopic (exact) mass is 271 g/mol.